The number of carbonyl (C=O) groups excluding carboxylic acids is 2. The fourth-order valence-electron chi connectivity index (χ4n) is 1.20. The van der Waals surface area contributed by atoms with Gasteiger partial charge in [0.2, 0.25) is 5.78 Å². The Kier molecular flexibility index (Phi) is 2.70. The average Bonchev–Trinajstić information content (AvgIpc) is 2.30. The van der Waals surface area contributed by atoms with Crippen LogP contribution in [-0.2, 0) is 19.4 Å². The van der Waals surface area contributed by atoms with Gasteiger partial charge in [0.25, 0.3) is 5.91 Å². The number of Topliss-reactive ketones (excluding diaryl/α,β-unsaturated/α-hetero) is 1. The number of sulfone groups is 1. The molecule has 1 N–H and O–H groups in total. The molecule has 0 aromatic rings. The highest BCUT2D eigenvalue weighted by Gasteiger charge is 2.29. The van der Waals surface area contributed by atoms with Gasteiger partial charge >= 0.3 is 0 Å². The van der Waals surface area contributed by atoms with Gasteiger partial charge in [-0.25, -0.2) is 8.42 Å². The smallest absolute Gasteiger partial charge is 0.287 e. The minimum absolute atomic E-state index is 0.0496. The van der Waals surface area contributed by atoms with Gasteiger partial charge in [-0.1, -0.05) is 0 Å². The Morgan fingerprint density at radius 1 is 1.38 bits per heavy atom. The van der Waals surface area contributed by atoms with Gasteiger partial charge in [0, 0.05) is 13.0 Å². The van der Waals surface area contributed by atoms with E-state index in [1.54, 1.807) is 0 Å². The number of nitrogens with one attached hydrogen (secondary N) is 1. The Labute approximate surface area is 76.4 Å². The first-order valence-corrected chi connectivity index (χ1v) is 5.75. The van der Waals surface area contributed by atoms with Crippen LogP contribution >= 0.6 is 0 Å². The molecule has 1 aliphatic rings. The van der Waals surface area contributed by atoms with Crippen LogP contribution in [-0.4, -0.2) is 37.7 Å². The van der Waals surface area contributed by atoms with Crippen molar-refractivity contribution in [3.05, 3.63) is 0 Å². The van der Waals surface area contributed by atoms with Crippen molar-refractivity contribution in [1.82, 2.24) is 5.32 Å². The lowest BCUT2D eigenvalue weighted by molar-refractivity contribution is -0.137. The summed E-state index contributed by atoms with van der Waals surface area (Å²) in [6.45, 7) is 1.15. The molecule has 1 rings (SSSR count). The maximum absolute atomic E-state index is 11.0. The molecule has 0 spiro atoms. The van der Waals surface area contributed by atoms with Crippen molar-refractivity contribution in [2.75, 3.05) is 11.5 Å². The minimum Gasteiger partial charge on any atom is -0.346 e. The van der Waals surface area contributed by atoms with Crippen LogP contribution in [0, 0.1) is 0 Å². The monoisotopic (exact) mass is 205 g/mol. The SMILES string of the molecule is CC(=O)C(=O)NC1CCS(=O)(=O)C1. The van der Waals surface area contributed by atoms with E-state index in [0.717, 1.165) is 6.92 Å². The van der Waals surface area contributed by atoms with Crippen LogP contribution in [0.25, 0.3) is 0 Å². The lowest BCUT2D eigenvalue weighted by atomic mass is 10.2. The summed E-state index contributed by atoms with van der Waals surface area (Å²) in [6.07, 6.45) is 0.404. The predicted molar refractivity (Wildman–Crippen MR) is 45.9 cm³/mol. The summed E-state index contributed by atoms with van der Waals surface area (Å²) < 4.78 is 21.9. The third-order valence-electron chi connectivity index (χ3n) is 1.89. The van der Waals surface area contributed by atoms with Gasteiger partial charge < -0.3 is 5.32 Å². The van der Waals surface area contributed by atoms with Crippen LogP contribution < -0.4 is 5.32 Å². The quantitative estimate of drug-likeness (QED) is 0.579. The molecule has 6 heteroatoms. The van der Waals surface area contributed by atoms with Gasteiger partial charge in [-0.3, -0.25) is 9.59 Å². The molecule has 1 aliphatic heterocycles. The second kappa shape index (κ2) is 3.45. The average molecular weight is 205 g/mol. The van der Waals surface area contributed by atoms with E-state index in [1.165, 1.54) is 0 Å². The summed E-state index contributed by atoms with van der Waals surface area (Å²) >= 11 is 0. The molecule has 0 aliphatic carbocycles. The highest BCUT2D eigenvalue weighted by molar-refractivity contribution is 7.91. The normalized spacial score (nSPS) is 25.5. The largest absolute Gasteiger partial charge is 0.346 e. The minimum atomic E-state index is -2.99. The molecule has 0 aromatic heterocycles. The third kappa shape index (κ3) is 2.80. The van der Waals surface area contributed by atoms with E-state index in [4.69, 9.17) is 0 Å². The standard InChI is InChI=1S/C7H11NO4S/c1-5(9)7(10)8-6-2-3-13(11,12)4-6/h6H,2-4H2,1H3,(H,8,10). The Hall–Kier alpha value is -0.910. The molecule has 1 heterocycles. The van der Waals surface area contributed by atoms with Crippen LogP contribution in [0.1, 0.15) is 13.3 Å². The second-order valence-corrected chi connectivity index (χ2v) is 5.36. The van der Waals surface area contributed by atoms with Gasteiger partial charge in [0.1, 0.15) is 0 Å². The maximum atomic E-state index is 11.0. The van der Waals surface area contributed by atoms with E-state index in [9.17, 15) is 18.0 Å². The molecule has 0 aromatic carbocycles. The highest BCUT2D eigenvalue weighted by atomic mass is 32.2. The molecule has 1 amide bonds. The van der Waals surface area contributed by atoms with Crippen molar-refractivity contribution < 1.29 is 18.0 Å². The number of hydrogen-bond donors (Lipinski definition) is 1. The Bertz CT molecular complexity index is 332. The molecule has 1 saturated heterocycles. The number of ketones is 1. The van der Waals surface area contributed by atoms with E-state index in [-0.39, 0.29) is 17.5 Å². The summed E-state index contributed by atoms with van der Waals surface area (Å²) in [5.41, 5.74) is 0. The zero-order chi connectivity index (χ0) is 10.1. The number of rotatable bonds is 2. The van der Waals surface area contributed by atoms with Gasteiger partial charge in [-0.2, -0.15) is 0 Å². The van der Waals surface area contributed by atoms with E-state index in [0.29, 0.717) is 6.42 Å². The second-order valence-electron chi connectivity index (χ2n) is 3.13. The number of carbonyl (C=O) groups is 2. The summed E-state index contributed by atoms with van der Waals surface area (Å²) in [5.74, 6) is -1.26. The molecular formula is C7H11NO4S. The van der Waals surface area contributed by atoms with Crippen LogP contribution in [0.2, 0.25) is 0 Å². The molecule has 5 nitrogen and oxygen atoms in total. The zero-order valence-corrected chi connectivity index (χ0v) is 8.06. The topological polar surface area (TPSA) is 80.3 Å². The first kappa shape index (κ1) is 10.2. The van der Waals surface area contributed by atoms with Crippen LogP contribution in [0.5, 0.6) is 0 Å². The first-order valence-electron chi connectivity index (χ1n) is 3.92. The van der Waals surface area contributed by atoms with Crippen LogP contribution in [0.3, 0.4) is 0 Å². The fourth-order valence-corrected chi connectivity index (χ4v) is 2.87. The molecule has 1 unspecified atom stereocenters. The van der Waals surface area contributed by atoms with E-state index in [1.807, 2.05) is 0 Å². The van der Waals surface area contributed by atoms with Crippen molar-refractivity contribution in [1.29, 1.82) is 0 Å². The van der Waals surface area contributed by atoms with Gasteiger partial charge in [0.05, 0.1) is 11.5 Å². The van der Waals surface area contributed by atoms with E-state index in [2.05, 4.69) is 5.32 Å². The zero-order valence-electron chi connectivity index (χ0n) is 7.24. The summed E-state index contributed by atoms with van der Waals surface area (Å²) in [6, 6.07) is -0.388. The fraction of sp³-hybridized carbons (Fsp3) is 0.714. The van der Waals surface area contributed by atoms with Crippen molar-refractivity contribution in [2.24, 2.45) is 0 Å². The van der Waals surface area contributed by atoms with Crippen molar-refractivity contribution >= 4 is 21.5 Å². The summed E-state index contributed by atoms with van der Waals surface area (Å²) in [7, 11) is -2.99. The van der Waals surface area contributed by atoms with Crippen LogP contribution in [0.4, 0.5) is 0 Å². The van der Waals surface area contributed by atoms with E-state index < -0.39 is 21.5 Å². The molecule has 1 atom stereocenters. The Morgan fingerprint density at radius 2 is 2.00 bits per heavy atom. The molecular weight excluding hydrogens is 194 g/mol. The van der Waals surface area contributed by atoms with Gasteiger partial charge in [0.15, 0.2) is 9.84 Å². The molecule has 1 fully saturated rings. The molecule has 0 radical (unpaired) electrons. The molecule has 13 heavy (non-hydrogen) atoms. The Balaban J connectivity index is 2.50. The van der Waals surface area contributed by atoms with Crippen molar-refractivity contribution in [3.63, 3.8) is 0 Å². The number of hydrogen-bond acceptors (Lipinski definition) is 4. The van der Waals surface area contributed by atoms with Crippen molar-refractivity contribution in [3.8, 4) is 0 Å². The summed E-state index contributed by atoms with van der Waals surface area (Å²) in [4.78, 5) is 21.4. The number of amides is 1. The predicted octanol–water partition coefficient (Wildman–Crippen LogP) is -1.12. The lowest BCUT2D eigenvalue weighted by Gasteiger charge is -2.07. The van der Waals surface area contributed by atoms with Gasteiger partial charge in [-0.15, -0.1) is 0 Å². The molecule has 0 bridgehead atoms. The molecule has 0 saturated carbocycles. The maximum Gasteiger partial charge on any atom is 0.287 e. The lowest BCUT2D eigenvalue weighted by Crippen LogP contribution is -2.38. The highest BCUT2D eigenvalue weighted by Crippen LogP contribution is 2.10. The van der Waals surface area contributed by atoms with E-state index >= 15 is 0 Å². The molecule has 74 valence electrons. The first-order chi connectivity index (χ1) is 5.91. The third-order valence-corrected chi connectivity index (χ3v) is 3.66. The van der Waals surface area contributed by atoms with Crippen LogP contribution in [0.15, 0.2) is 0 Å². The van der Waals surface area contributed by atoms with Gasteiger partial charge in [-0.05, 0) is 6.42 Å². The Morgan fingerprint density at radius 3 is 2.38 bits per heavy atom. The summed E-state index contributed by atoms with van der Waals surface area (Å²) in [5, 5.41) is 2.37. The van der Waals surface area contributed by atoms with Crippen molar-refractivity contribution in [2.45, 2.75) is 19.4 Å².